The summed E-state index contributed by atoms with van der Waals surface area (Å²) in [4.78, 5) is 9.79. The van der Waals surface area contributed by atoms with Crippen molar-refractivity contribution in [1.82, 2.24) is 25.1 Å². The van der Waals surface area contributed by atoms with Crippen LogP contribution < -0.4 is 0 Å². The summed E-state index contributed by atoms with van der Waals surface area (Å²) in [6.45, 7) is 4.20. The van der Waals surface area contributed by atoms with Crippen LogP contribution >= 0.6 is 0 Å². The second-order valence-corrected chi connectivity index (χ2v) is 5.03. The first kappa shape index (κ1) is 11.5. The number of nitrogens with zero attached hydrogens (tertiary/aromatic N) is 3. The van der Waals surface area contributed by atoms with Crippen molar-refractivity contribution >= 4 is 0 Å². The summed E-state index contributed by atoms with van der Waals surface area (Å²) in [6, 6.07) is 0.463. The molecule has 1 unspecified atom stereocenters. The highest BCUT2D eigenvalue weighted by molar-refractivity contribution is 5.18. The first-order valence-corrected chi connectivity index (χ1v) is 6.56. The van der Waals surface area contributed by atoms with Crippen LogP contribution in [0.15, 0.2) is 18.7 Å². The molecule has 1 aliphatic heterocycles. The number of aromatic nitrogens is 4. The van der Waals surface area contributed by atoms with Crippen molar-refractivity contribution in [3.05, 3.63) is 35.7 Å². The molecule has 0 spiro atoms. The highest BCUT2D eigenvalue weighted by atomic mass is 15.2. The molecule has 5 nitrogen and oxygen atoms in total. The van der Waals surface area contributed by atoms with Crippen molar-refractivity contribution in [3.63, 3.8) is 0 Å². The van der Waals surface area contributed by atoms with Gasteiger partial charge in [-0.3, -0.25) is 10.00 Å². The van der Waals surface area contributed by atoms with Gasteiger partial charge in [0.15, 0.2) is 0 Å². The average molecular weight is 245 g/mol. The van der Waals surface area contributed by atoms with Crippen LogP contribution in [0.5, 0.6) is 0 Å². The summed E-state index contributed by atoms with van der Waals surface area (Å²) in [5.41, 5.74) is 3.71. The van der Waals surface area contributed by atoms with E-state index in [1.807, 2.05) is 12.4 Å². The van der Waals surface area contributed by atoms with Gasteiger partial charge in [-0.05, 0) is 31.9 Å². The highest BCUT2D eigenvalue weighted by Gasteiger charge is 2.26. The first-order chi connectivity index (χ1) is 8.84. The number of rotatable bonds is 3. The van der Waals surface area contributed by atoms with Crippen LogP contribution in [0.2, 0.25) is 0 Å². The van der Waals surface area contributed by atoms with E-state index in [9.17, 15) is 0 Å². The topological polar surface area (TPSA) is 60.6 Å². The second kappa shape index (κ2) is 4.94. The van der Waals surface area contributed by atoms with Crippen molar-refractivity contribution in [3.8, 4) is 0 Å². The van der Waals surface area contributed by atoms with E-state index < -0.39 is 0 Å². The Morgan fingerprint density at radius 2 is 2.33 bits per heavy atom. The molecule has 1 saturated heterocycles. The Labute approximate surface area is 107 Å². The van der Waals surface area contributed by atoms with Gasteiger partial charge in [0.1, 0.15) is 0 Å². The van der Waals surface area contributed by atoms with Gasteiger partial charge in [0.2, 0.25) is 0 Å². The van der Waals surface area contributed by atoms with Crippen molar-refractivity contribution in [2.75, 3.05) is 6.54 Å². The maximum Gasteiger partial charge on any atom is 0.0922 e. The molecule has 18 heavy (non-hydrogen) atoms. The number of aromatic amines is 2. The van der Waals surface area contributed by atoms with Gasteiger partial charge in [-0.15, -0.1) is 0 Å². The van der Waals surface area contributed by atoms with Crippen LogP contribution in [0.25, 0.3) is 0 Å². The molecule has 0 bridgehead atoms. The fourth-order valence-electron chi connectivity index (χ4n) is 2.79. The molecule has 0 amide bonds. The number of imidazole rings is 1. The molecular formula is C13H19N5. The molecule has 0 aromatic carbocycles. The average Bonchev–Trinajstić information content (AvgIpc) is 3.02. The van der Waals surface area contributed by atoms with Crippen molar-refractivity contribution < 1.29 is 0 Å². The standard InChI is InChI=1S/C13H19N5/c1-10-6-16-17-13(10)12-4-2-3-5-18(12)8-11-7-14-9-15-11/h6-7,9,12H,2-5,8H2,1H3,(H,14,15)(H,16,17). The predicted molar refractivity (Wildman–Crippen MR) is 68.9 cm³/mol. The minimum absolute atomic E-state index is 0.463. The van der Waals surface area contributed by atoms with Crippen molar-refractivity contribution in [2.24, 2.45) is 0 Å². The number of hydrogen-bond acceptors (Lipinski definition) is 3. The number of hydrogen-bond donors (Lipinski definition) is 2. The molecule has 2 aromatic heterocycles. The summed E-state index contributed by atoms with van der Waals surface area (Å²) in [6.07, 6.45) is 9.34. The van der Waals surface area contributed by atoms with Gasteiger partial charge in [0.25, 0.3) is 0 Å². The highest BCUT2D eigenvalue weighted by Crippen LogP contribution is 2.32. The molecule has 1 atom stereocenters. The Balaban J connectivity index is 1.80. The van der Waals surface area contributed by atoms with Crippen LogP contribution in [0.1, 0.15) is 42.3 Å². The molecule has 1 aliphatic rings. The zero-order valence-electron chi connectivity index (χ0n) is 10.7. The van der Waals surface area contributed by atoms with E-state index in [1.54, 1.807) is 6.33 Å². The molecule has 0 saturated carbocycles. The van der Waals surface area contributed by atoms with Gasteiger partial charge in [0, 0.05) is 18.4 Å². The van der Waals surface area contributed by atoms with Crippen LogP contribution in [0, 0.1) is 6.92 Å². The zero-order chi connectivity index (χ0) is 12.4. The van der Waals surface area contributed by atoms with E-state index in [0.717, 1.165) is 13.1 Å². The molecule has 3 heterocycles. The zero-order valence-corrected chi connectivity index (χ0v) is 10.7. The minimum Gasteiger partial charge on any atom is -0.347 e. The Hall–Kier alpha value is -1.62. The lowest BCUT2D eigenvalue weighted by atomic mass is 9.97. The first-order valence-electron chi connectivity index (χ1n) is 6.56. The lowest BCUT2D eigenvalue weighted by Crippen LogP contribution is -2.33. The van der Waals surface area contributed by atoms with E-state index in [4.69, 9.17) is 0 Å². The van der Waals surface area contributed by atoms with Crippen molar-refractivity contribution in [2.45, 2.75) is 38.8 Å². The van der Waals surface area contributed by atoms with Gasteiger partial charge in [-0.2, -0.15) is 5.10 Å². The van der Waals surface area contributed by atoms with Crippen LogP contribution in [0.4, 0.5) is 0 Å². The molecule has 2 aromatic rings. The van der Waals surface area contributed by atoms with Crippen LogP contribution in [-0.4, -0.2) is 31.6 Å². The smallest absolute Gasteiger partial charge is 0.0922 e. The third kappa shape index (κ3) is 2.18. The monoisotopic (exact) mass is 245 g/mol. The summed E-state index contributed by atoms with van der Waals surface area (Å²) >= 11 is 0. The third-order valence-electron chi connectivity index (χ3n) is 3.74. The Bertz CT molecular complexity index is 487. The lowest BCUT2D eigenvalue weighted by molar-refractivity contribution is 0.135. The number of nitrogens with one attached hydrogen (secondary N) is 2. The molecule has 96 valence electrons. The van der Waals surface area contributed by atoms with Gasteiger partial charge in [-0.25, -0.2) is 4.98 Å². The molecule has 0 radical (unpaired) electrons. The number of piperidine rings is 1. The lowest BCUT2D eigenvalue weighted by Gasteiger charge is -2.35. The van der Waals surface area contributed by atoms with E-state index in [-0.39, 0.29) is 0 Å². The summed E-state index contributed by atoms with van der Waals surface area (Å²) in [7, 11) is 0. The Morgan fingerprint density at radius 3 is 3.06 bits per heavy atom. The molecule has 1 fully saturated rings. The fraction of sp³-hybridized carbons (Fsp3) is 0.538. The van der Waals surface area contributed by atoms with Crippen molar-refractivity contribution in [1.29, 1.82) is 0 Å². The maximum absolute atomic E-state index is 4.16. The fourth-order valence-corrected chi connectivity index (χ4v) is 2.79. The van der Waals surface area contributed by atoms with Crippen LogP contribution in [-0.2, 0) is 6.54 Å². The van der Waals surface area contributed by atoms with E-state index >= 15 is 0 Å². The van der Waals surface area contributed by atoms with Gasteiger partial charge in [-0.1, -0.05) is 6.42 Å². The summed E-state index contributed by atoms with van der Waals surface area (Å²) in [5.74, 6) is 0. The van der Waals surface area contributed by atoms with E-state index in [0.29, 0.717) is 6.04 Å². The van der Waals surface area contributed by atoms with Crippen LogP contribution in [0.3, 0.4) is 0 Å². The van der Waals surface area contributed by atoms with E-state index in [1.165, 1.54) is 36.2 Å². The SMILES string of the molecule is Cc1cn[nH]c1C1CCCCN1Cc1cnc[nH]1. The molecule has 0 aliphatic carbocycles. The predicted octanol–water partition coefficient (Wildman–Crippen LogP) is 2.17. The Kier molecular flexibility index (Phi) is 3.15. The third-order valence-corrected chi connectivity index (χ3v) is 3.74. The second-order valence-electron chi connectivity index (χ2n) is 5.03. The van der Waals surface area contributed by atoms with Gasteiger partial charge in [0.05, 0.1) is 24.3 Å². The quantitative estimate of drug-likeness (QED) is 0.871. The van der Waals surface area contributed by atoms with E-state index in [2.05, 4.69) is 32.0 Å². The molecule has 3 rings (SSSR count). The summed E-state index contributed by atoms with van der Waals surface area (Å²) in [5, 5.41) is 7.32. The summed E-state index contributed by atoms with van der Waals surface area (Å²) < 4.78 is 0. The number of aryl methyl sites for hydroxylation is 1. The minimum atomic E-state index is 0.463. The largest absolute Gasteiger partial charge is 0.347 e. The van der Waals surface area contributed by atoms with Gasteiger partial charge >= 0.3 is 0 Å². The molecular weight excluding hydrogens is 226 g/mol. The normalized spacial score (nSPS) is 21.3. The van der Waals surface area contributed by atoms with Gasteiger partial charge < -0.3 is 4.98 Å². The Morgan fingerprint density at radius 1 is 1.39 bits per heavy atom. The molecule has 2 N–H and O–H groups in total. The number of likely N-dealkylation sites (tertiary alicyclic amines) is 1. The number of H-pyrrole nitrogens is 2. The molecule has 5 heteroatoms. The maximum atomic E-state index is 4.16.